The van der Waals surface area contributed by atoms with Gasteiger partial charge in [0.15, 0.2) is 0 Å². The molecule has 0 bridgehead atoms. The van der Waals surface area contributed by atoms with Crippen LogP contribution in [0.15, 0.2) is 48.5 Å². The number of fused-ring (bicyclic) bond motifs is 4. The van der Waals surface area contributed by atoms with E-state index in [2.05, 4.69) is 17.1 Å². The maximum Gasteiger partial charge on any atom is 0.246 e. The van der Waals surface area contributed by atoms with Gasteiger partial charge in [-0.05, 0) is 37.5 Å². The molecular formula is C29H33N3O3. The Kier molecular flexibility index (Phi) is 5.75. The van der Waals surface area contributed by atoms with Crippen LogP contribution in [0.2, 0.25) is 0 Å². The fourth-order valence-corrected chi connectivity index (χ4v) is 6.48. The zero-order valence-corrected chi connectivity index (χ0v) is 20.3. The second-order valence-electron chi connectivity index (χ2n) is 10.1. The number of carbonyl (C=O) groups is 2. The minimum absolute atomic E-state index is 0.0273. The molecule has 0 spiro atoms. The van der Waals surface area contributed by atoms with Gasteiger partial charge in [-0.1, -0.05) is 62.1 Å². The summed E-state index contributed by atoms with van der Waals surface area (Å²) in [6.45, 7) is 2.67. The lowest BCUT2D eigenvalue weighted by Crippen LogP contribution is -2.64. The quantitative estimate of drug-likeness (QED) is 0.546. The van der Waals surface area contributed by atoms with Crippen LogP contribution in [0.1, 0.15) is 68.3 Å². The first-order valence-electron chi connectivity index (χ1n) is 13.1. The zero-order chi connectivity index (χ0) is 23.9. The van der Waals surface area contributed by atoms with E-state index < -0.39 is 6.04 Å². The molecule has 1 aromatic heterocycles. The number of para-hydroxylation sites is 2. The Bertz CT molecular complexity index is 1260. The lowest BCUT2D eigenvalue weighted by atomic mass is 9.85. The van der Waals surface area contributed by atoms with Crippen molar-refractivity contribution >= 4 is 22.7 Å². The van der Waals surface area contributed by atoms with Gasteiger partial charge in [0, 0.05) is 34.6 Å². The SMILES string of the molecule is CCOc1ccccc1C1c2[nH]c3ccccc3c2CC2C(=O)N(C3CCCCCC3)CC(=O)N21. The molecule has 1 N–H and O–H groups in total. The molecule has 3 aromatic rings. The molecule has 2 amide bonds. The molecule has 2 unspecified atom stereocenters. The number of aromatic nitrogens is 1. The first-order valence-corrected chi connectivity index (χ1v) is 13.1. The summed E-state index contributed by atoms with van der Waals surface area (Å²) in [6, 6.07) is 15.5. The Morgan fingerprint density at radius 1 is 0.971 bits per heavy atom. The number of H-pyrrole nitrogens is 1. The van der Waals surface area contributed by atoms with E-state index in [-0.39, 0.29) is 30.4 Å². The summed E-state index contributed by atoms with van der Waals surface area (Å²) in [5.41, 5.74) is 4.10. The summed E-state index contributed by atoms with van der Waals surface area (Å²) in [5.74, 6) is 0.891. The van der Waals surface area contributed by atoms with Crippen molar-refractivity contribution in [2.75, 3.05) is 13.2 Å². The van der Waals surface area contributed by atoms with E-state index in [0.29, 0.717) is 13.0 Å². The van der Waals surface area contributed by atoms with Gasteiger partial charge in [0.2, 0.25) is 11.8 Å². The number of hydrogen-bond donors (Lipinski definition) is 1. The molecule has 6 heteroatoms. The monoisotopic (exact) mass is 471 g/mol. The number of piperazine rings is 1. The number of nitrogens with zero attached hydrogens (tertiary/aromatic N) is 2. The molecular weight excluding hydrogens is 438 g/mol. The highest BCUT2D eigenvalue weighted by Crippen LogP contribution is 2.45. The van der Waals surface area contributed by atoms with Gasteiger partial charge >= 0.3 is 0 Å². The molecule has 2 atom stereocenters. The van der Waals surface area contributed by atoms with Gasteiger partial charge in [-0.15, -0.1) is 0 Å². The summed E-state index contributed by atoms with van der Waals surface area (Å²) >= 11 is 0. The van der Waals surface area contributed by atoms with E-state index in [1.54, 1.807) is 0 Å². The third-order valence-corrected chi connectivity index (χ3v) is 8.07. The maximum atomic E-state index is 14.1. The number of carbonyl (C=O) groups excluding carboxylic acids is 2. The predicted molar refractivity (Wildman–Crippen MR) is 135 cm³/mol. The van der Waals surface area contributed by atoms with E-state index in [1.807, 2.05) is 53.1 Å². The summed E-state index contributed by atoms with van der Waals surface area (Å²) in [4.78, 5) is 35.3. The Morgan fingerprint density at radius 2 is 1.71 bits per heavy atom. The highest BCUT2D eigenvalue weighted by molar-refractivity contribution is 5.98. The van der Waals surface area contributed by atoms with E-state index in [9.17, 15) is 9.59 Å². The molecule has 2 aromatic carbocycles. The van der Waals surface area contributed by atoms with Crippen molar-refractivity contribution in [3.05, 3.63) is 65.4 Å². The standard InChI is InChI=1S/C29H33N3O3/c1-2-35-25-16-10-8-14-21(25)28-27-22(20-13-7-9-15-23(20)30-27)17-24-29(34)31(18-26(33)32(24)28)19-11-5-3-4-6-12-19/h7-10,13-16,19,24,28,30H,2-6,11-12,17-18H2,1H3. The van der Waals surface area contributed by atoms with Crippen LogP contribution in [0.5, 0.6) is 5.75 Å². The average molecular weight is 472 g/mol. The Labute approximate surface area is 206 Å². The van der Waals surface area contributed by atoms with Crippen LogP contribution >= 0.6 is 0 Å². The van der Waals surface area contributed by atoms with Gasteiger partial charge in [0.05, 0.1) is 6.61 Å². The molecule has 2 aliphatic heterocycles. The van der Waals surface area contributed by atoms with Crippen LogP contribution in [-0.2, 0) is 16.0 Å². The first-order chi connectivity index (χ1) is 17.2. The molecule has 6 rings (SSSR count). The minimum atomic E-state index is -0.495. The van der Waals surface area contributed by atoms with E-state index >= 15 is 0 Å². The van der Waals surface area contributed by atoms with Crippen molar-refractivity contribution in [1.82, 2.24) is 14.8 Å². The maximum absolute atomic E-state index is 14.1. The van der Waals surface area contributed by atoms with Crippen molar-refractivity contribution in [2.45, 2.75) is 70.0 Å². The molecule has 3 aliphatic rings. The van der Waals surface area contributed by atoms with Gasteiger partial charge in [0.25, 0.3) is 0 Å². The third kappa shape index (κ3) is 3.70. The molecule has 2 fully saturated rings. The van der Waals surface area contributed by atoms with Crippen molar-refractivity contribution in [3.8, 4) is 5.75 Å². The topological polar surface area (TPSA) is 65.6 Å². The Hall–Kier alpha value is -3.28. The molecule has 35 heavy (non-hydrogen) atoms. The van der Waals surface area contributed by atoms with Gasteiger partial charge in [-0.25, -0.2) is 0 Å². The Morgan fingerprint density at radius 3 is 2.51 bits per heavy atom. The number of hydrogen-bond acceptors (Lipinski definition) is 3. The molecule has 6 nitrogen and oxygen atoms in total. The fourth-order valence-electron chi connectivity index (χ4n) is 6.48. The van der Waals surface area contributed by atoms with Crippen LogP contribution in [0.4, 0.5) is 0 Å². The van der Waals surface area contributed by atoms with Crippen LogP contribution in [0.3, 0.4) is 0 Å². The van der Waals surface area contributed by atoms with Crippen LogP contribution in [0.25, 0.3) is 10.9 Å². The highest BCUT2D eigenvalue weighted by atomic mass is 16.5. The number of amides is 2. The molecule has 1 saturated heterocycles. The van der Waals surface area contributed by atoms with Crippen molar-refractivity contribution in [3.63, 3.8) is 0 Å². The number of benzene rings is 2. The predicted octanol–water partition coefficient (Wildman–Crippen LogP) is 4.97. The van der Waals surface area contributed by atoms with Gasteiger partial charge < -0.3 is 19.5 Å². The second kappa shape index (κ2) is 9.06. The van der Waals surface area contributed by atoms with Gasteiger partial charge in [-0.2, -0.15) is 0 Å². The van der Waals surface area contributed by atoms with E-state index in [1.165, 1.54) is 12.8 Å². The van der Waals surface area contributed by atoms with Crippen molar-refractivity contribution < 1.29 is 14.3 Å². The smallest absolute Gasteiger partial charge is 0.246 e. The van der Waals surface area contributed by atoms with Crippen LogP contribution in [0, 0.1) is 0 Å². The molecule has 1 saturated carbocycles. The third-order valence-electron chi connectivity index (χ3n) is 8.07. The normalized spacial score (nSPS) is 23.2. The molecule has 1 aliphatic carbocycles. The second-order valence-corrected chi connectivity index (χ2v) is 10.1. The summed E-state index contributed by atoms with van der Waals surface area (Å²) in [5, 5.41) is 1.13. The summed E-state index contributed by atoms with van der Waals surface area (Å²) in [6.07, 6.45) is 7.25. The molecule has 182 valence electrons. The number of ether oxygens (including phenoxy) is 1. The summed E-state index contributed by atoms with van der Waals surface area (Å²) in [7, 11) is 0. The van der Waals surface area contributed by atoms with Gasteiger partial charge in [-0.3, -0.25) is 9.59 Å². The fraction of sp³-hybridized carbons (Fsp3) is 0.448. The largest absolute Gasteiger partial charge is 0.494 e. The number of nitrogens with one attached hydrogen (secondary N) is 1. The lowest BCUT2D eigenvalue weighted by molar-refractivity contribution is -0.161. The first kappa shape index (κ1) is 22.2. The molecule has 3 heterocycles. The summed E-state index contributed by atoms with van der Waals surface area (Å²) < 4.78 is 6.00. The Balaban J connectivity index is 1.48. The number of aromatic amines is 1. The zero-order valence-electron chi connectivity index (χ0n) is 20.3. The highest BCUT2D eigenvalue weighted by Gasteiger charge is 2.49. The minimum Gasteiger partial charge on any atom is -0.494 e. The van der Waals surface area contributed by atoms with Crippen molar-refractivity contribution in [2.24, 2.45) is 0 Å². The van der Waals surface area contributed by atoms with Crippen LogP contribution < -0.4 is 4.74 Å². The lowest BCUT2D eigenvalue weighted by Gasteiger charge is -2.49. The average Bonchev–Trinajstić information content (AvgIpc) is 3.04. The molecule has 0 radical (unpaired) electrons. The van der Waals surface area contributed by atoms with Crippen molar-refractivity contribution in [1.29, 1.82) is 0 Å². The van der Waals surface area contributed by atoms with E-state index in [0.717, 1.165) is 59.2 Å². The number of rotatable bonds is 4. The van der Waals surface area contributed by atoms with Gasteiger partial charge in [0.1, 0.15) is 24.4 Å². The van der Waals surface area contributed by atoms with Crippen LogP contribution in [-0.4, -0.2) is 51.8 Å². The van der Waals surface area contributed by atoms with E-state index in [4.69, 9.17) is 4.74 Å².